The minimum Gasteiger partial charge on any atom is -0.342 e. The fourth-order valence-electron chi connectivity index (χ4n) is 4.07. The van der Waals surface area contributed by atoms with Gasteiger partial charge >= 0.3 is 0 Å². The number of amides is 2. The van der Waals surface area contributed by atoms with Crippen LogP contribution in [0.2, 0.25) is 0 Å². The van der Waals surface area contributed by atoms with Crippen LogP contribution in [-0.2, 0) is 11.2 Å². The first-order valence-corrected chi connectivity index (χ1v) is 10.4. The zero-order chi connectivity index (χ0) is 21.8. The van der Waals surface area contributed by atoms with Crippen LogP contribution in [0.1, 0.15) is 63.1 Å². The molecule has 2 fully saturated rings. The number of halogens is 2. The average molecular weight is 419 g/mol. The molecule has 162 valence electrons. The molecule has 2 amide bonds. The van der Waals surface area contributed by atoms with Crippen molar-refractivity contribution in [2.24, 2.45) is 11.3 Å². The summed E-state index contributed by atoms with van der Waals surface area (Å²) in [5.74, 6) is -3.47. The smallest absolute Gasteiger partial charge is 0.274 e. The molecule has 2 aliphatic rings. The molecule has 2 aromatic heterocycles. The van der Waals surface area contributed by atoms with Gasteiger partial charge in [-0.3, -0.25) is 18.9 Å². The summed E-state index contributed by atoms with van der Waals surface area (Å²) in [6.07, 6.45) is 4.17. The number of hydrogen-bond donors (Lipinski definition) is 1. The van der Waals surface area contributed by atoms with E-state index in [2.05, 4.69) is 15.3 Å². The van der Waals surface area contributed by atoms with Crippen LogP contribution in [0.15, 0.2) is 12.4 Å². The number of rotatable bonds is 6. The molecular formula is C21H27F2N5O2. The summed E-state index contributed by atoms with van der Waals surface area (Å²) in [4.78, 5) is 36.0. The third-order valence-corrected chi connectivity index (χ3v) is 6.13. The van der Waals surface area contributed by atoms with E-state index >= 15 is 0 Å². The van der Waals surface area contributed by atoms with Gasteiger partial charge in [0.15, 0.2) is 11.3 Å². The number of carbonyl (C=O) groups excluding carboxylic acids is 2. The predicted molar refractivity (Wildman–Crippen MR) is 108 cm³/mol. The van der Waals surface area contributed by atoms with Crippen molar-refractivity contribution >= 4 is 23.3 Å². The third kappa shape index (κ3) is 3.54. The van der Waals surface area contributed by atoms with Crippen molar-refractivity contribution in [3.63, 3.8) is 0 Å². The zero-order valence-corrected chi connectivity index (χ0v) is 17.7. The van der Waals surface area contributed by atoms with E-state index in [1.54, 1.807) is 9.30 Å². The van der Waals surface area contributed by atoms with Crippen molar-refractivity contribution in [1.82, 2.24) is 19.7 Å². The van der Waals surface area contributed by atoms with Crippen molar-refractivity contribution in [2.45, 2.75) is 65.3 Å². The molecule has 0 radical (unpaired) electrons. The summed E-state index contributed by atoms with van der Waals surface area (Å²) >= 11 is 0. The second kappa shape index (κ2) is 6.99. The lowest BCUT2D eigenvalue weighted by molar-refractivity contribution is -0.124. The highest BCUT2D eigenvalue weighted by Gasteiger charge is 2.46. The lowest BCUT2D eigenvalue weighted by atomic mass is 9.92. The Labute approximate surface area is 173 Å². The van der Waals surface area contributed by atoms with Crippen LogP contribution in [0.5, 0.6) is 0 Å². The first-order valence-electron chi connectivity index (χ1n) is 10.4. The summed E-state index contributed by atoms with van der Waals surface area (Å²) in [6.45, 7) is 7.12. The van der Waals surface area contributed by atoms with Gasteiger partial charge in [0.05, 0.1) is 6.04 Å². The number of carbonyl (C=O) groups is 2. The van der Waals surface area contributed by atoms with Crippen LogP contribution >= 0.6 is 0 Å². The molecule has 1 aliphatic heterocycles. The van der Waals surface area contributed by atoms with Crippen LogP contribution in [0.3, 0.4) is 0 Å². The summed E-state index contributed by atoms with van der Waals surface area (Å²) < 4.78 is 29.7. The van der Waals surface area contributed by atoms with Crippen molar-refractivity contribution in [3.8, 4) is 0 Å². The molecule has 9 heteroatoms. The highest BCUT2D eigenvalue weighted by atomic mass is 19.3. The molecule has 4 rings (SSSR count). The average Bonchev–Trinajstić information content (AvgIpc) is 3.35. The van der Waals surface area contributed by atoms with Gasteiger partial charge in [-0.25, -0.2) is 18.7 Å². The molecule has 30 heavy (non-hydrogen) atoms. The van der Waals surface area contributed by atoms with Gasteiger partial charge in [-0.05, 0) is 31.6 Å². The Morgan fingerprint density at radius 3 is 2.63 bits per heavy atom. The fraction of sp³-hybridized carbons (Fsp3) is 0.619. The molecule has 0 aromatic carbocycles. The monoisotopic (exact) mass is 419 g/mol. The molecular weight excluding hydrogens is 392 g/mol. The predicted octanol–water partition coefficient (Wildman–Crippen LogP) is 3.22. The molecule has 1 unspecified atom stereocenters. The van der Waals surface area contributed by atoms with E-state index < -0.39 is 23.3 Å². The molecule has 1 aliphatic carbocycles. The third-order valence-electron chi connectivity index (χ3n) is 6.13. The number of aromatic nitrogens is 3. The summed E-state index contributed by atoms with van der Waals surface area (Å²) in [5, 5.41) is 2.48. The normalized spacial score (nSPS) is 20.1. The lowest BCUT2D eigenvalue weighted by Gasteiger charge is -2.24. The van der Waals surface area contributed by atoms with Crippen LogP contribution in [0, 0.1) is 11.3 Å². The highest BCUT2D eigenvalue weighted by molar-refractivity contribution is 6.00. The Morgan fingerprint density at radius 2 is 2.10 bits per heavy atom. The molecule has 1 saturated heterocycles. The van der Waals surface area contributed by atoms with Gasteiger partial charge in [0, 0.05) is 30.6 Å². The largest absolute Gasteiger partial charge is 0.342 e. The summed E-state index contributed by atoms with van der Waals surface area (Å²) in [7, 11) is 0. The van der Waals surface area contributed by atoms with Crippen LogP contribution in [0.4, 0.5) is 14.6 Å². The van der Waals surface area contributed by atoms with Gasteiger partial charge in [-0.2, -0.15) is 0 Å². The number of imidazole rings is 1. The van der Waals surface area contributed by atoms with Crippen LogP contribution in [-0.4, -0.2) is 44.7 Å². The minimum atomic E-state index is -3.02. The topological polar surface area (TPSA) is 79.6 Å². The summed E-state index contributed by atoms with van der Waals surface area (Å²) in [5.41, 5.74) is 0.629. The Hall–Kier alpha value is -2.58. The minimum absolute atomic E-state index is 0.00708. The second-order valence-corrected chi connectivity index (χ2v) is 9.08. The molecule has 0 bridgehead atoms. The number of nitrogens with one attached hydrogen (secondary N) is 1. The number of fused-ring (bicyclic) bond motifs is 1. The quantitative estimate of drug-likeness (QED) is 0.780. The van der Waals surface area contributed by atoms with Gasteiger partial charge in [0.2, 0.25) is 5.91 Å². The van der Waals surface area contributed by atoms with Crippen molar-refractivity contribution in [2.75, 3.05) is 11.4 Å². The van der Waals surface area contributed by atoms with Crippen LogP contribution in [0.25, 0.3) is 5.65 Å². The maximum atomic E-state index is 14.0. The van der Waals surface area contributed by atoms with Crippen molar-refractivity contribution in [3.05, 3.63) is 23.8 Å². The van der Waals surface area contributed by atoms with E-state index in [0.717, 1.165) is 12.6 Å². The first-order chi connectivity index (χ1) is 14.0. The number of nitrogens with zero attached hydrogens (tertiary/aromatic N) is 4. The SMILES string of the molecule is CCc1cc(N2CCC(C)(C)C2=O)nc2c(C(=O)NC(C3CC3)C(C)(F)F)ncn12. The number of alkyl halides is 2. The van der Waals surface area contributed by atoms with E-state index in [1.165, 1.54) is 6.33 Å². The van der Waals surface area contributed by atoms with Crippen molar-refractivity contribution in [1.29, 1.82) is 0 Å². The van der Waals surface area contributed by atoms with Crippen molar-refractivity contribution < 1.29 is 18.4 Å². The van der Waals surface area contributed by atoms with E-state index in [-0.39, 0.29) is 23.2 Å². The Morgan fingerprint density at radius 1 is 1.40 bits per heavy atom. The molecule has 1 atom stereocenters. The van der Waals surface area contributed by atoms with E-state index in [4.69, 9.17) is 0 Å². The molecule has 1 saturated carbocycles. The summed E-state index contributed by atoms with van der Waals surface area (Å²) in [6, 6.07) is 0.597. The van der Waals surface area contributed by atoms with E-state index in [9.17, 15) is 18.4 Å². The van der Waals surface area contributed by atoms with Gasteiger partial charge in [-0.1, -0.05) is 20.8 Å². The zero-order valence-electron chi connectivity index (χ0n) is 17.7. The fourth-order valence-corrected chi connectivity index (χ4v) is 4.07. The van der Waals surface area contributed by atoms with Gasteiger partial charge < -0.3 is 5.32 Å². The van der Waals surface area contributed by atoms with E-state index in [1.807, 2.05) is 26.8 Å². The van der Waals surface area contributed by atoms with Gasteiger partial charge in [0.1, 0.15) is 12.1 Å². The molecule has 1 N–H and O–H groups in total. The van der Waals surface area contributed by atoms with Gasteiger partial charge in [-0.15, -0.1) is 0 Å². The van der Waals surface area contributed by atoms with Crippen LogP contribution < -0.4 is 10.2 Å². The molecule has 0 spiro atoms. The lowest BCUT2D eigenvalue weighted by Crippen LogP contribution is -2.47. The molecule has 3 heterocycles. The second-order valence-electron chi connectivity index (χ2n) is 9.08. The Balaban J connectivity index is 1.71. The number of anilines is 1. The maximum Gasteiger partial charge on any atom is 0.274 e. The number of hydrogen-bond acceptors (Lipinski definition) is 4. The Bertz CT molecular complexity index is 1010. The highest BCUT2D eigenvalue weighted by Crippen LogP contribution is 2.39. The maximum absolute atomic E-state index is 14.0. The number of aryl methyl sites for hydroxylation is 1. The first kappa shape index (κ1) is 20.7. The molecule has 2 aromatic rings. The Kier molecular flexibility index (Phi) is 4.82. The molecule has 7 nitrogen and oxygen atoms in total. The van der Waals surface area contributed by atoms with E-state index in [0.29, 0.717) is 38.0 Å². The standard InChI is InChI=1S/C21H27F2N5O2/c1-5-13-10-14(27-9-8-20(2,3)19(27)30)25-17-15(24-11-28(13)17)18(29)26-16(12-6-7-12)21(4,22)23/h10-12,16H,5-9H2,1-4H3,(H,26,29). The van der Waals surface area contributed by atoms with Gasteiger partial charge in [0.25, 0.3) is 11.8 Å².